The molecular weight excluding hydrogens is 257 g/mol. The highest BCUT2D eigenvalue weighted by Gasteiger charge is 2.45. The molecule has 1 aliphatic rings. The second kappa shape index (κ2) is 4.34. The van der Waals surface area contributed by atoms with Crippen LogP contribution in [-0.2, 0) is 4.79 Å². The molecule has 0 spiro atoms. The van der Waals surface area contributed by atoms with Crippen LogP contribution in [0.25, 0.3) is 11.0 Å². The number of imidazole rings is 1. The molecule has 1 aromatic carbocycles. The molecule has 1 amide bonds. The molecule has 5 heteroatoms. The first-order chi connectivity index (χ1) is 9.54. The number of carbonyl (C=O) groups is 1. The molecule has 1 unspecified atom stereocenters. The summed E-state index contributed by atoms with van der Waals surface area (Å²) in [6.07, 6.45) is 6.73. The molecule has 0 bridgehead atoms. The van der Waals surface area contributed by atoms with E-state index in [0.29, 0.717) is 0 Å². The largest absolute Gasteiger partial charge is 0.332 e. The van der Waals surface area contributed by atoms with Gasteiger partial charge in [0, 0.05) is 0 Å². The van der Waals surface area contributed by atoms with Crippen molar-refractivity contribution in [3.8, 4) is 12.3 Å². The summed E-state index contributed by atoms with van der Waals surface area (Å²) < 4.78 is 15.5. The van der Waals surface area contributed by atoms with Crippen LogP contribution in [0.1, 0.15) is 13.0 Å². The second-order valence-electron chi connectivity index (χ2n) is 5.12. The predicted octanol–water partition coefficient (Wildman–Crippen LogP) is 1.78. The van der Waals surface area contributed by atoms with Crippen LogP contribution in [0.2, 0.25) is 0 Å². The molecule has 1 atom stereocenters. The molecule has 0 saturated carbocycles. The van der Waals surface area contributed by atoms with Crippen molar-refractivity contribution in [2.24, 2.45) is 0 Å². The molecule has 1 aliphatic heterocycles. The molecule has 102 valence electrons. The van der Waals surface area contributed by atoms with Crippen LogP contribution < -0.4 is 0 Å². The van der Waals surface area contributed by atoms with Crippen molar-refractivity contribution in [2.75, 3.05) is 13.1 Å². The Morgan fingerprint density at radius 3 is 2.90 bits per heavy atom. The van der Waals surface area contributed by atoms with E-state index < -0.39 is 11.7 Å². The van der Waals surface area contributed by atoms with E-state index >= 15 is 0 Å². The first-order valence-corrected chi connectivity index (χ1v) is 6.41. The number of halogens is 1. The van der Waals surface area contributed by atoms with E-state index in [9.17, 15) is 9.18 Å². The maximum absolute atomic E-state index is 13.7. The van der Waals surface area contributed by atoms with E-state index in [0.717, 1.165) is 11.0 Å². The third-order valence-corrected chi connectivity index (χ3v) is 3.71. The van der Waals surface area contributed by atoms with Crippen LogP contribution in [0, 0.1) is 12.3 Å². The number of rotatable bonds is 2. The van der Waals surface area contributed by atoms with E-state index in [1.54, 1.807) is 17.8 Å². The highest BCUT2D eigenvalue weighted by Crippen LogP contribution is 2.28. The topological polar surface area (TPSA) is 38.1 Å². The van der Waals surface area contributed by atoms with E-state index in [1.807, 2.05) is 24.3 Å². The van der Waals surface area contributed by atoms with E-state index in [2.05, 4.69) is 10.9 Å². The molecule has 0 aliphatic carbocycles. The fraction of sp³-hybridized carbons (Fsp3) is 0.333. The van der Waals surface area contributed by atoms with E-state index in [4.69, 9.17) is 6.42 Å². The van der Waals surface area contributed by atoms with Crippen LogP contribution in [0.5, 0.6) is 0 Å². The molecule has 3 rings (SSSR count). The van der Waals surface area contributed by atoms with E-state index in [-0.39, 0.29) is 19.0 Å². The average molecular weight is 271 g/mol. The Bertz CT molecular complexity index is 709. The number of hydrogen-bond donors (Lipinski definition) is 0. The molecule has 1 saturated heterocycles. The van der Waals surface area contributed by atoms with Gasteiger partial charge < -0.3 is 9.47 Å². The maximum Gasteiger partial charge on any atom is 0.245 e. The van der Waals surface area contributed by atoms with Crippen molar-refractivity contribution in [2.45, 2.75) is 18.6 Å². The monoisotopic (exact) mass is 271 g/mol. The molecule has 1 fully saturated rings. The molecule has 2 aromatic rings. The van der Waals surface area contributed by atoms with Crippen molar-refractivity contribution in [1.29, 1.82) is 0 Å². The standard InChI is InChI=1S/C15H14FN3O/c1-3-15(16)8-18(9-15)14(20)11(2)19-10-17-12-6-4-5-7-13(12)19/h1,4-7,10-11H,8-9H2,2H3. The lowest BCUT2D eigenvalue weighted by Gasteiger charge is -2.42. The number of terminal acetylenes is 1. The van der Waals surface area contributed by atoms with Gasteiger partial charge in [0.15, 0.2) is 0 Å². The summed E-state index contributed by atoms with van der Waals surface area (Å²) in [5, 5.41) is 0. The third-order valence-electron chi connectivity index (χ3n) is 3.71. The maximum atomic E-state index is 13.7. The van der Waals surface area contributed by atoms with E-state index in [1.165, 1.54) is 4.90 Å². The van der Waals surface area contributed by atoms with Gasteiger partial charge in [0.25, 0.3) is 0 Å². The lowest BCUT2D eigenvalue weighted by Crippen LogP contribution is -2.61. The van der Waals surface area contributed by atoms with Gasteiger partial charge in [-0.15, -0.1) is 6.42 Å². The minimum atomic E-state index is -1.66. The Balaban J connectivity index is 1.82. The number of aromatic nitrogens is 2. The normalized spacial score (nSPS) is 18.4. The third kappa shape index (κ3) is 1.85. The molecular formula is C15H14FN3O. The SMILES string of the molecule is C#CC1(F)CN(C(=O)C(C)n2cnc3ccccc32)C1. The Morgan fingerprint density at radius 1 is 1.50 bits per heavy atom. The first-order valence-electron chi connectivity index (χ1n) is 6.41. The summed E-state index contributed by atoms with van der Waals surface area (Å²) in [4.78, 5) is 18.0. The van der Waals surface area contributed by atoms with Gasteiger partial charge in [-0.3, -0.25) is 4.79 Å². The van der Waals surface area contributed by atoms with Gasteiger partial charge in [0.05, 0.1) is 30.5 Å². The highest BCUT2D eigenvalue weighted by atomic mass is 19.1. The van der Waals surface area contributed by atoms with Crippen LogP contribution >= 0.6 is 0 Å². The van der Waals surface area contributed by atoms with Crippen molar-refractivity contribution >= 4 is 16.9 Å². The Kier molecular flexibility index (Phi) is 2.75. The smallest absolute Gasteiger partial charge is 0.245 e. The van der Waals surface area contributed by atoms with Crippen LogP contribution in [0.4, 0.5) is 4.39 Å². The number of benzene rings is 1. The Hall–Kier alpha value is -2.35. The number of alkyl halides is 1. The van der Waals surface area contributed by atoms with Crippen LogP contribution in [0.3, 0.4) is 0 Å². The Labute approximate surface area is 116 Å². The zero-order chi connectivity index (χ0) is 14.3. The zero-order valence-corrected chi connectivity index (χ0v) is 11.1. The number of fused-ring (bicyclic) bond motifs is 1. The molecule has 4 nitrogen and oxygen atoms in total. The summed E-state index contributed by atoms with van der Waals surface area (Å²) in [6, 6.07) is 7.16. The quantitative estimate of drug-likeness (QED) is 0.781. The minimum Gasteiger partial charge on any atom is -0.332 e. The predicted molar refractivity (Wildman–Crippen MR) is 73.7 cm³/mol. The van der Waals surface area contributed by atoms with Gasteiger partial charge in [0.1, 0.15) is 6.04 Å². The minimum absolute atomic E-state index is 0.0285. The van der Waals surface area contributed by atoms with Crippen LogP contribution in [-0.4, -0.2) is 39.1 Å². The number of likely N-dealkylation sites (tertiary alicyclic amines) is 1. The summed E-state index contributed by atoms with van der Waals surface area (Å²) in [5.41, 5.74) is 0.0587. The first kappa shape index (κ1) is 12.7. The van der Waals surface area contributed by atoms with Crippen molar-refractivity contribution < 1.29 is 9.18 Å². The van der Waals surface area contributed by atoms with Gasteiger partial charge in [-0.1, -0.05) is 18.1 Å². The summed E-state index contributed by atoms with van der Waals surface area (Å²) in [5.74, 6) is 1.94. The van der Waals surface area contributed by atoms with Gasteiger partial charge in [-0.05, 0) is 19.1 Å². The van der Waals surface area contributed by atoms with Gasteiger partial charge >= 0.3 is 0 Å². The number of para-hydroxylation sites is 2. The average Bonchev–Trinajstić information content (AvgIpc) is 2.86. The summed E-state index contributed by atoms with van der Waals surface area (Å²) >= 11 is 0. The number of amides is 1. The number of hydrogen-bond acceptors (Lipinski definition) is 2. The van der Waals surface area contributed by atoms with Gasteiger partial charge in [-0.2, -0.15) is 0 Å². The lowest BCUT2D eigenvalue weighted by atomic mass is 9.96. The van der Waals surface area contributed by atoms with Crippen LogP contribution in [0.15, 0.2) is 30.6 Å². The van der Waals surface area contributed by atoms with Gasteiger partial charge in [-0.25, -0.2) is 9.37 Å². The van der Waals surface area contributed by atoms with Gasteiger partial charge in [0.2, 0.25) is 11.6 Å². The summed E-state index contributed by atoms with van der Waals surface area (Å²) in [6.45, 7) is 1.73. The number of carbonyl (C=O) groups excluding carboxylic acids is 1. The highest BCUT2D eigenvalue weighted by molar-refractivity contribution is 5.84. The Morgan fingerprint density at radius 2 is 2.20 bits per heavy atom. The fourth-order valence-electron chi connectivity index (χ4n) is 2.48. The lowest BCUT2D eigenvalue weighted by molar-refractivity contribution is -0.144. The van der Waals surface area contributed by atoms with Crippen molar-refractivity contribution in [1.82, 2.24) is 14.5 Å². The second-order valence-corrected chi connectivity index (χ2v) is 5.12. The number of nitrogens with zero attached hydrogens (tertiary/aromatic N) is 3. The molecule has 1 aromatic heterocycles. The zero-order valence-electron chi connectivity index (χ0n) is 11.1. The van der Waals surface area contributed by atoms with Crippen molar-refractivity contribution in [3.63, 3.8) is 0 Å². The fourth-order valence-corrected chi connectivity index (χ4v) is 2.48. The van der Waals surface area contributed by atoms with Crippen molar-refractivity contribution in [3.05, 3.63) is 30.6 Å². The molecule has 2 heterocycles. The molecule has 0 N–H and O–H groups in total. The summed E-state index contributed by atoms with van der Waals surface area (Å²) in [7, 11) is 0. The molecule has 20 heavy (non-hydrogen) atoms. The molecule has 0 radical (unpaired) electrons.